The van der Waals surface area contributed by atoms with Gasteiger partial charge >= 0.3 is 6.03 Å². The van der Waals surface area contributed by atoms with E-state index in [1.54, 1.807) is 30.3 Å². The van der Waals surface area contributed by atoms with Crippen molar-refractivity contribution in [3.8, 4) is 0 Å². The van der Waals surface area contributed by atoms with Crippen LogP contribution in [0.1, 0.15) is 62.2 Å². The maximum atomic E-state index is 13.7. The molecule has 0 atom stereocenters. The number of amidine groups is 1. The second-order valence-electron chi connectivity index (χ2n) is 8.35. The Morgan fingerprint density at radius 1 is 1.10 bits per heavy atom. The molecule has 0 radical (unpaired) electrons. The molecule has 1 aromatic carbocycles. The van der Waals surface area contributed by atoms with Gasteiger partial charge in [-0.25, -0.2) is 4.79 Å². The summed E-state index contributed by atoms with van der Waals surface area (Å²) in [7, 11) is 0. The van der Waals surface area contributed by atoms with Gasteiger partial charge < -0.3 is 4.74 Å². The molecular weight excluding hydrogens is 394 g/mol. The Morgan fingerprint density at radius 3 is 2.42 bits per heavy atom. The molecule has 4 amide bonds. The van der Waals surface area contributed by atoms with Crippen LogP contribution < -0.4 is 0 Å². The summed E-state index contributed by atoms with van der Waals surface area (Å²) in [5.41, 5.74) is -0.735. The first-order valence-electron chi connectivity index (χ1n) is 11.1. The Morgan fingerprint density at radius 2 is 1.77 bits per heavy atom. The molecule has 0 bridgehead atoms. The second kappa shape index (κ2) is 9.14. The molecule has 2 fully saturated rings. The van der Waals surface area contributed by atoms with E-state index in [0.717, 1.165) is 30.6 Å². The van der Waals surface area contributed by atoms with Crippen LogP contribution in [0.2, 0.25) is 0 Å². The lowest BCUT2D eigenvalue weighted by Gasteiger charge is -2.44. The van der Waals surface area contributed by atoms with Crippen LogP contribution in [0.25, 0.3) is 0 Å². The molecule has 1 aromatic rings. The quantitative estimate of drug-likeness (QED) is 0.526. The van der Waals surface area contributed by atoms with Gasteiger partial charge in [0, 0.05) is 12.2 Å². The molecule has 0 unspecified atom stereocenters. The lowest BCUT2D eigenvalue weighted by atomic mass is 9.79. The Balaban J connectivity index is 1.77. The Hall–Kier alpha value is -2.80. The summed E-state index contributed by atoms with van der Waals surface area (Å²) < 4.78 is 5.59. The average molecular weight is 424 g/mol. The molecule has 1 saturated carbocycles. The Labute approximate surface area is 182 Å². The lowest BCUT2D eigenvalue weighted by molar-refractivity contribution is -0.135. The summed E-state index contributed by atoms with van der Waals surface area (Å²) >= 11 is 0. The molecular formula is C24H29N3O4. The van der Waals surface area contributed by atoms with Gasteiger partial charge in [0.15, 0.2) is 0 Å². The van der Waals surface area contributed by atoms with E-state index in [4.69, 9.17) is 9.73 Å². The maximum absolute atomic E-state index is 13.7. The lowest BCUT2D eigenvalue weighted by Crippen LogP contribution is -2.66. The first kappa shape index (κ1) is 21.4. The predicted octanol–water partition coefficient (Wildman–Crippen LogP) is 4.15. The van der Waals surface area contributed by atoms with Crippen LogP contribution in [0.4, 0.5) is 4.79 Å². The Kier molecular flexibility index (Phi) is 6.32. The molecule has 3 aliphatic rings. The summed E-state index contributed by atoms with van der Waals surface area (Å²) in [4.78, 5) is 47.6. The van der Waals surface area contributed by atoms with Gasteiger partial charge in [-0.15, -0.1) is 0 Å². The number of hydrogen-bond acceptors (Lipinski definition) is 5. The number of carbonyl (C=O) groups excluding carboxylic acids is 3. The minimum Gasteiger partial charge on any atom is -0.361 e. The number of aliphatic imine (C=N–C) groups is 1. The molecule has 7 nitrogen and oxygen atoms in total. The van der Waals surface area contributed by atoms with E-state index >= 15 is 0 Å². The third-order valence-electron chi connectivity index (χ3n) is 6.35. The van der Waals surface area contributed by atoms with Crippen molar-refractivity contribution in [1.29, 1.82) is 0 Å². The number of nitrogens with zero attached hydrogens (tertiary/aromatic N) is 3. The normalized spacial score (nSPS) is 22.7. The zero-order valence-corrected chi connectivity index (χ0v) is 18.0. The largest absolute Gasteiger partial charge is 0.361 e. The number of rotatable bonds is 5. The molecule has 1 saturated heterocycles. The first-order valence-corrected chi connectivity index (χ1v) is 11.1. The van der Waals surface area contributed by atoms with Crippen LogP contribution in [-0.2, 0) is 9.53 Å². The van der Waals surface area contributed by atoms with Crippen molar-refractivity contribution in [2.24, 2.45) is 10.4 Å². The van der Waals surface area contributed by atoms with Gasteiger partial charge in [-0.2, -0.15) is 4.90 Å². The smallest absolute Gasteiger partial charge is 0.341 e. The topological polar surface area (TPSA) is 79.3 Å². The number of imide groups is 3. The van der Waals surface area contributed by atoms with Gasteiger partial charge in [-0.3, -0.25) is 19.5 Å². The number of urea groups is 1. The van der Waals surface area contributed by atoms with E-state index in [1.165, 1.54) is 11.3 Å². The number of carbonyl (C=O) groups is 3. The highest BCUT2D eigenvalue weighted by Gasteiger charge is 2.57. The standard InChI is InChI=1S/C24H29N3O4/c1-2-31-17-26-21(25-19-13-7-4-8-14-19)24(15-9-10-16-24)22(29)27(23(26)30)20(28)18-11-5-3-6-12-18/h3,5-6,9-12,19H,2,4,7-8,13-17H2,1H3. The van der Waals surface area contributed by atoms with E-state index in [9.17, 15) is 14.4 Å². The van der Waals surface area contributed by atoms with Gasteiger partial charge in [-0.05, 0) is 44.7 Å². The summed E-state index contributed by atoms with van der Waals surface area (Å²) in [5, 5.41) is 0. The molecule has 4 rings (SSSR count). The second-order valence-corrected chi connectivity index (χ2v) is 8.35. The van der Waals surface area contributed by atoms with E-state index in [2.05, 4.69) is 0 Å². The van der Waals surface area contributed by atoms with Crippen LogP contribution in [0.15, 0.2) is 47.5 Å². The molecule has 1 aliphatic heterocycles. The molecule has 1 spiro atoms. The van der Waals surface area contributed by atoms with Crippen LogP contribution in [0.5, 0.6) is 0 Å². The van der Waals surface area contributed by atoms with E-state index in [0.29, 0.717) is 30.8 Å². The van der Waals surface area contributed by atoms with Crippen molar-refractivity contribution in [2.45, 2.75) is 57.9 Å². The fourth-order valence-corrected chi connectivity index (χ4v) is 4.64. The number of ether oxygens (including phenoxy) is 1. The first-order chi connectivity index (χ1) is 15.1. The van der Waals surface area contributed by atoms with Crippen molar-refractivity contribution >= 4 is 23.7 Å². The average Bonchev–Trinajstić information content (AvgIpc) is 3.30. The summed E-state index contributed by atoms with van der Waals surface area (Å²) in [5.74, 6) is -0.635. The van der Waals surface area contributed by atoms with E-state index < -0.39 is 23.3 Å². The van der Waals surface area contributed by atoms with E-state index in [-0.39, 0.29) is 12.8 Å². The summed E-state index contributed by atoms with van der Waals surface area (Å²) in [6.07, 6.45) is 10.0. The van der Waals surface area contributed by atoms with Gasteiger partial charge in [0.25, 0.3) is 11.8 Å². The molecule has 2 aliphatic carbocycles. The maximum Gasteiger partial charge on any atom is 0.341 e. The van der Waals surface area contributed by atoms with Gasteiger partial charge in [0.2, 0.25) is 0 Å². The third-order valence-corrected chi connectivity index (χ3v) is 6.35. The highest BCUT2D eigenvalue weighted by Crippen LogP contribution is 2.42. The number of amides is 4. The number of benzene rings is 1. The minimum atomic E-state index is -1.03. The zero-order valence-electron chi connectivity index (χ0n) is 18.0. The highest BCUT2D eigenvalue weighted by atomic mass is 16.5. The van der Waals surface area contributed by atoms with Crippen LogP contribution >= 0.6 is 0 Å². The summed E-state index contributed by atoms with van der Waals surface area (Å²) in [6, 6.07) is 7.85. The van der Waals surface area contributed by atoms with Gasteiger partial charge in [0.1, 0.15) is 18.0 Å². The Bertz CT molecular complexity index is 895. The number of allylic oxidation sites excluding steroid dienone is 2. The minimum absolute atomic E-state index is 0.0332. The molecule has 0 aromatic heterocycles. The highest BCUT2D eigenvalue weighted by molar-refractivity contribution is 6.29. The van der Waals surface area contributed by atoms with Crippen LogP contribution in [0, 0.1) is 5.41 Å². The monoisotopic (exact) mass is 423 g/mol. The van der Waals surface area contributed by atoms with Crippen molar-refractivity contribution in [3.05, 3.63) is 48.0 Å². The molecule has 0 N–H and O–H groups in total. The third kappa shape index (κ3) is 3.94. The SMILES string of the molecule is CCOCN1C(=O)N(C(=O)c2ccccc2)C(=O)C2(CC=CC2)C1=NC1CCCCC1. The fraction of sp³-hybridized carbons (Fsp3) is 0.500. The predicted molar refractivity (Wildman–Crippen MR) is 116 cm³/mol. The molecule has 164 valence electrons. The van der Waals surface area contributed by atoms with Crippen molar-refractivity contribution < 1.29 is 19.1 Å². The molecule has 1 heterocycles. The van der Waals surface area contributed by atoms with Crippen LogP contribution in [0.3, 0.4) is 0 Å². The zero-order chi connectivity index (χ0) is 21.8. The number of hydrogen-bond donors (Lipinski definition) is 0. The molecule has 7 heteroatoms. The fourth-order valence-electron chi connectivity index (χ4n) is 4.64. The van der Waals surface area contributed by atoms with Crippen molar-refractivity contribution in [2.75, 3.05) is 13.3 Å². The molecule has 31 heavy (non-hydrogen) atoms. The van der Waals surface area contributed by atoms with Crippen molar-refractivity contribution in [3.63, 3.8) is 0 Å². The van der Waals surface area contributed by atoms with Crippen LogP contribution in [-0.4, -0.2) is 52.9 Å². The van der Waals surface area contributed by atoms with Gasteiger partial charge in [0.05, 0.1) is 6.04 Å². The van der Waals surface area contributed by atoms with E-state index in [1.807, 2.05) is 19.1 Å². The summed E-state index contributed by atoms with van der Waals surface area (Å²) in [6.45, 7) is 2.22. The van der Waals surface area contributed by atoms with Gasteiger partial charge in [-0.1, -0.05) is 49.6 Å². The van der Waals surface area contributed by atoms with Crippen molar-refractivity contribution in [1.82, 2.24) is 9.80 Å².